The lowest BCUT2D eigenvalue weighted by Gasteiger charge is -2.28. The molecule has 1 heterocycles. The van der Waals surface area contributed by atoms with Crippen LogP contribution in [0.2, 0.25) is 10.0 Å². The zero-order valence-electron chi connectivity index (χ0n) is 14.1. The molecule has 1 saturated heterocycles. The number of quaternary nitrogens is 1. The SMILES string of the molecule is C[C@@H]1CCC[NH+](CC(=O)N(C)CC(=O)Nc2c(Cl)cccc2Cl)C1. The van der Waals surface area contributed by atoms with Gasteiger partial charge in [-0.05, 0) is 25.0 Å². The number of likely N-dealkylation sites (N-methyl/N-ethyl adjacent to an activating group) is 1. The number of piperidine rings is 1. The number of para-hydroxylation sites is 1. The fourth-order valence-electron chi connectivity index (χ4n) is 3.01. The molecule has 1 unspecified atom stereocenters. The van der Waals surface area contributed by atoms with Gasteiger partial charge in [0.25, 0.3) is 5.91 Å². The largest absolute Gasteiger partial charge is 0.332 e. The number of benzene rings is 1. The molecule has 0 aliphatic carbocycles. The van der Waals surface area contributed by atoms with Crippen LogP contribution in [0.1, 0.15) is 19.8 Å². The number of likely N-dealkylation sites (tertiary alicyclic amines) is 1. The molecule has 2 rings (SSSR count). The summed E-state index contributed by atoms with van der Waals surface area (Å²) >= 11 is 12.1. The van der Waals surface area contributed by atoms with Gasteiger partial charge >= 0.3 is 0 Å². The number of nitrogens with one attached hydrogen (secondary N) is 2. The van der Waals surface area contributed by atoms with Crippen molar-refractivity contribution in [2.45, 2.75) is 19.8 Å². The molecular formula is C17H24Cl2N3O2+. The molecule has 1 fully saturated rings. The Morgan fingerprint density at radius 3 is 2.62 bits per heavy atom. The summed E-state index contributed by atoms with van der Waals surface area (Å²) < 4.78 is 0. The molecule has 0 spiro atoms. The van der Waals surface area contributed by atoms with Gasteiger partial charge in [-0.3, -0.25) is 9.59 Å². The summed E-state index contributed by atoms with van der Waals surface area (Å²) in [7, 11) is 1.64. The van der Waals surface area contributed by atoms with Crippen molar-refractivity contribution >= 4 is 40.7 Å². The Labute approximate surface area is 152 Å². The zero-order valence-corrected chi connectivity index (χ0v) is 15.6. The first-order valence-corrected chi connectivity index (χ1v) is 8.93. The molecule has 1 aromatic rings. The van der Waals surface area contributed by atoms with Gasteiger partial charge in [0, 0.05) is 13.0 Å². The molecule has 2 N–H and O–H groups in total. The maximum atomic E-state index is 12.3. The minimum Gasteiger partial charge on any atom is -0.332 e. The van der Waals surface area contributed by atoms with Gasteiger partial charge in [-0.15, -0.1) is 0 Å². The number of anilines is 1. The van der Waals surface area contributed by atoms with Crippen molar-refractivity contribution in [2.24, 2.45) is 5.92 Å². The molecule has 0 saturated carbocycles. The van der Waals surface area contributed by atoms with E-state index in [-0.39, 0.29) is 18.4 Å². The number of halogens is 2. The summed E-state index contributed by atoms with van der Waals surface area (Å²) in [6, 6.07) is 5.01. The first-order valence-electron chi connectivity index (χ1n) is 8.18. The monoisotopic (exact) mass is 372 g/mol. The Kier molecular flexibility index (Phi) is 6.90. The van der Waals surface area contributed by atoms with Crippen molar-refractivity contribution in [3.8, 4) is 0 Å². The van der Waals surface area contributed by atoms with E-state index in [1.807, 2.05) is 0 Å². The Morgan fingerprint density at radius 2 is 2.00 bits per heavy atom. The number of amides is 2. The summed E-state index contributed by atoms with van der Waals surface area (Å²) in [6.07, 6.45) is 2.38. The Bertz CT molecular complexity index is 589. The van der Waals surface area contributed by atoms with Crippen LogP contribution < -0.4 is 10.2 Å². The predicted octanol–water partition coefficient (Wildman–Crippen LogP) is 1.71. The second-order valence-electron chi connectivity index (χ2n) is 6.52. The molecular weight excluding hydrogens is 349 g/mol. The summed E-state index contributed by atoms with van der Waals surface area (Å²) in [5.41, 5.74) is 0.377. The lowest BCUT2D eigenvalue weighted by atomic mass is 10.0. The van der Waals surface area contributed by atoms with Crippen molar-refractivity contribution in [2.75, 3.05) is 38.5 Å². The highest BCUT2D eigenvalue weighted by molar-refractivity contribution is 6.39. The van der Waals surface area contributed by atoms with E-state index in [2.05, 4.69) is 12.2 Å². The first kappa shape index (κ1) is 19.0. The molecule has 1 aliphatic heterocycles. The molecule has 1 aromatic carbocycles. The quantitative estimate of drug-likeness (QED) is 0.826. The van der Waals surface area contributed by atoms with Gasteiger partial charge in [0.15, 0.2) is 6.54 Å². The highest BCUT2D eigenvalue weighted by Gasteiger charge is 2.24. The number of nitrogens with zero attached hydrogens (tertiary/aromatic N) is 1. The van der Waals surface area contributed by atoms with Gasteiger partial charge in [-0.1, -0.05) is 36.2 Å². The summed E-state index contributed by atoms with van der Waals surface area (Å²) in [5, 5.41) is 3.42. The van der Waals surface area contributed by atoms with Crippen molar-refractivity contribution in [1.82, 2.24) is 4.90 Å². The molecule has 132 valence electrons. The summed E-state index contributed by atoms with van der Waals surface area (Å²) in [6.45, 7) is 4.66. The third kappa shape index (κ3) is 5.36. The van der Waals surface area contributed by atoms with Gasteiger partial charge < -0.3 is 15.1 Å². The van der Waals surface area contributed by atoms with E-state index in [9.17, 15) is 9.59 Å². The van der Waals surface area contributed by atoms with Gasteiger partial charge in [0.2, 0.25) is 5.91 Å². The maximum Gasteiger partial charge on any atom is 0.277 e. The lowest BCUT2D eigenvalue weighted by molar-refractivity contribution is -0.900. The smallest absolute Gasteiger partial charge is 0.277 e. The maximum absolute atomic E-state index is 12.3. The van der Waals surface area contributed by atoms with Crippen molar-refractivity contribution in [3.63, 3.8) is 0 Å². The Hall–Kier alpha value is -1.30. The minimum atomic E-state index is -0.317. The standard InChI is InChI=1S/C17H23Cl2N3O2/c1-12-5-4-8-22(9-12)11-16(24)21(2)10-15(23)20-17-13(18)6-3-7-14(17)19/h3,6-7,12H,4-5,8-11H2,1-2H3,(H,20,23)/p+1/t12-/m1/s1. The molecule has 0 radical (unpaired) electrons. The molecule has 2 atom stereocenters. The third-order valence-corrected chi connectivity index (χ3v) is 4.93. The number of rotatable bonds is 5. The molecule has 0 aromatic heterocycles. The van der Waals surface area contributed by atoms with Crippen LogP contribution in [-0.2, 0) is 9.59 Å². The second-order valence-corrected chi connectivity index (χ2v) is 7.34. The topological polar surface area (TPSA) is 53.9 Å². The van der Waals surface area contributed by atoms with Gasteiger partial charge in [0.05, 0.1) is 35.4 Å². The minimum absolute atomic E-state index is 0.0246. The van der Waals surface area contributed by atoms with Crippen molar-refractivity contribution < 1.29 is 14.5 Å². The molecule has 0 bridgehead atoms. The van der Waals surface area contributed by atoms with Crippen LogP contribution >= 0.6 is 23.2 Å². The average Bonchev–Trinajstić information content (AvgIpc) is 2.51. The number of hydrogen-bond donors (Lipinski definition) is 2. The van der Waals surface area contributed by atoms with E-state index in [0.29, 0.717) is 28.2 Å². The van der Waals surface area contributed by atoms with E-state index < -0.39 is 0 Å². The van der Waals surface area contributed by atoms with Crippen LogP contribution in [0.4, 0.5) is 5.69 Å². The second kappa shape index (κ2) is 8.70. The van der Waals surface area contributed by atoms with Gasteiger partial charge in [0.1, 0.15) is 0 Å². The normalized spacial score (nSPS) is 20.5. The van der Waals surface area contributed by atoms with E-state index in [1.165, 1.54) is 16.2 Å². The van der Waals surface area contributed by atoms with E-state index in [0.717, 1.165) is 19.5 Å². The summed E-state index contributed by atoms with van der Waals surface area (Å²) in [4.78, 5) is 27.2. The predicted molar refractivity (Wildman–Crippen MR) is 96.7 cm³/mol. The van der Waals surface area contributed by atoms with Crippen LogP contribution in [-0.4, -0.2) is 49.9 Å². The van der Waals surface area contributed by atoms with Gasteiger partial charge in [-0.25, -0.2) is 0 Å². The van der Waals surface area contributed by atoms with E-state index in [4.69, 9.17) is 23.2 Å². The van der Waals surface area contributed by atoms with Crippen LogP contribution in [0.5, 0.6) is 0 Å². The fourth-order valence-corrected chi connectivity index (χ4v) is 3.50. The lowest BCUT2D eigenvalue weighted by Crippen LogP contribution is -3.14. The first-order chi connectivity index (χ1) is 11.4. The third-order valence-electron chi connectivity index (χ3n) is 4.30. The van der Waals surface area contributed by atoms with Crippen LogP contribution in [0.3, 0.4) is 0 Å². The highest BCUT2D eigenvalue weighted by atomic mass is 35.5. The van der Waals surface area contributed by atoms with Crippen LogP contribution in [0.15, 0.2) is 18.2 Å². The highest BCUT2D eigenvalue weighted by Crippen LogP contribution is 2.29. The number of hydrogen-bond acceptors (Lipinski definition) is 2. The molecule has 2 amide bonds. The molecule has 7 heteroatoms. The van der Waals surface area contributed by atoms with Crippen LogP contribution in [0.25, 0.3) is 0 Å². The fraction of sp³-hybridized carbons (Fsp3) is 0.529. The van der Waals surface area contributed by atoms with Crippen molar-refractivity contribution in [1.29, 1.82) is 0 Å². The van der Waals surface area contributed by atoms with E-state index in [1.54, 1.807) is 25.2 Å². The molecule has 5 nitrogen and oxygen atoms in total. The number of carbonyl (C=O) groups is 2. The summed E-state index contributed by atoms with van der Waals surface area (Å²) in [5.74, 6) is 0.305. The zero-order chi connectivity index (χ0) is 17.7. The molecule has 1 aliphatic rings. The van der Waals surface area contributed by atoms with Gasteiger partial charge in [-0.2, -0.15) is 0 Å². The van der Waals surface area contributed by atoms with Crippen molar-refractivity contribution in [3.05, 3.63) is 28.2 Å². The number of carbonyl (C=O) groups excluding carboxylic acids is 2. The molecule has 24 heavy (non-hydrogen) atoms. The average molecular weight is 373 g/mol. The Balaban J connectivity index is 1.85. The van der Waals surface area contributed by atoms with Crippen LogP contribution in [0, 0.1) is 5.92 Å². The van der Waals surface area contributed by atoms with E-state index >= 15 is 0 Å². The Morgan fingerprint density at radius 1 is 1.33 bits per heavy atom.